The summed E-state index contributed by atoms with van der Waals surface area (Å²) in [6.07, 6.45) is 1.64. The third-order valence-corrected chi connectivity index (χ3v) is 5.15. The van der Waals surface area contributed by atoms with Crippen molar-refractivity contribution in [1.82, 2.24) is 0 Å². The standard InChI is InChI=1S/C18H16Cl2N2O2S/c19-15-6-1-7-16(20)18(15)21-17(23)12-22(10-13-4-2-8-24-13)11-14-5-3-9-25-14/h1-9H,10-12H2,(H,21,23)/p+1. The maximum atomic E-state index is 12.5. The Balaban J connectivity index is 1.69. The van der Waals surface area contributed by atoms with Gasteiger partial charge in [0, 0.05) is 0 Å². The van der Waals surface area contributed by atoms with E-state index in [1.165, 1.54) is 4.88 Å². The lowest BCUT2D eigenvalue weighted by molar-refractivity contribution is -0.920. The molecule has 1 amide bonds. The van der Waals surface area contributed by atoms with Gasteiger partial charge in [-0.1, -0.05) is 35.3 Å². The van der Waals surface area contributed by atoms with Crippen molar-refractivity contribution in [2.45, 2.75) is 13.1 Å². The molecule has 2 aromatic heterocycles. The van der Waals surface area contributed by atoms with Crippen LogP contribution < -0.4 is 10.2 Å². The van der Waals surface area contributed by atoms with Crippen molar-refractivity contribution < 1.29 is 14.1 Å². The van der Waals surface area contributed by atoms with E-state index in [1.54, 1.807) is 35.8 Å². The molecular formula is C18H17Cl2N2O2S+. The number of rotatable bonds is 7. The zero-order valence-electron chi connectivity index (χ0n) is 13.3. The molecule has 2 N–H and O–H groups in total. The van der Waals surface area contributed by atoms with Crippen LogP contribution in [0.4, 0.5) is 5.69 Å². The highest BCUT2D eigenvalue weighted by atomic mass is 35.5. The molecule has 1 aromatic carbocycles. The summed E-state index contributed by atoms with van der Waals surface area (Å²) < 4.78 is 5.43. The summed E-state index contributed by atoms with van der Waals surface area (Å²) in [6.45, 7) is 1.64. The average molecular weight is 396 g/mol. The van der Waals surface area contributed by atoms with Crippen molar-refractivity contribution in [3.05, 3.63) is 74.8 Å². The quantitative estimate of drug-likeness (QED) is 0.637. The van der Waals surface area contributed by atoms with Gasteiger partial charge in [-0.25, -0.2) is 0 Å². The lowest BCUT2D eigenvalue weighted by atomic mass is 10.3. The molecule has 3 aromatic rings. The van der Waals surface area contributed by atoms with Crippen LogP contribution in [0.25, 0.3) is 0 Å². The molecule has 0 saturated carbocycles. The number of quaternary nitrogens is 1. The van der Waals surface area contributed by atoms with Crippen LogP contribution in [0.5, 0.6) is 0 Å². The van der Waals surface area contributed by atoms with Gasteiger partial charge in [0.05, 0.1) is 26.9 Å². The van der Waals surface area contributed by atoms with Gasteiger partial charge < -0.3 is 14.6 Å². The Bertz CT molecular complexity index is 763. The van der Waals surface area contributed by atoms with E-state index in [2.05, 4.69) is 11.4 Å². The normalized spacial score (nSPS) is 12.1. The fraction of sp³-hybridized carbons (Fsp3) is 0.167. The number of furan rings is 1. The number of thiophene rings is 1. The number of carbonyl (C=O) groups is 1. The topological polar surface area (TPSA) is 46.7 Å². The Morgan fingerprint density at radius 3 is 2.52 bits per heavy atom. The van der Waals surface area contributed by atoms with Gasteiger partial charge in [-0.3, -0.25) is 4.79 Å². The molecule has 0 saturated heterocycles. The minimum absolute atomic E-state index is 0.145. The van der Waals surface area contributed by atoms with Gasteiger partial charge in [-0.05, 0) is 35.7 Å². The number of hydrogen-bond donors (Lipinski definition) is 2. The summed E-state index contributed by atoms with van der Waals surface area (Å²) in [6, 6.07) is 13.0. The second-order valence-corrected chi connectivity index (χ2v) is 7.43. The maximum Gasteiger partial charge on any atom is 0.279 e. The second-order valence-electron chi connectivity index (χ2n) is 5.58. The molecule has 25 heavy (non-hydrogen) atoms. The molecule has 0 bridgehead atoms. The molecule has 1 atom stereocenters. The van der Waals surface area contributed by atoms with Gasteiger partial charge in [0.2, 0.25) is 0 Å². The molecule has 0 aliphatic heterocycles. The number of para-hydroxylation sites is 1. The predicted octanol–water partition coefficient (Wildman–Crippen LogP) is 3.87. The van der Waals surface area contributed by atoms with Crippen LogP contribution in [0.15, 0.2) is 58.5 Å². The van der Waals surface area contributed by atoms with Crippen molar-refractivity contribution in [2.75, 3.05) is 11.9 Å². The van der Waals surface area contributed by atoms with Crippen molar-refractivity contribution >= 4 is 46.1 Å². The predicted molar refractivity (Wildman–Crippen MR) is 101 cm³/mol. The highest BCUT2D eigenvalue weighted by molar-refractivity contribution is 7.09. The van der Waals surface area contributed by atoms with Crippen LogP contribution in [0.1, 0.15) is 10.6 Å². The number of carbonyl (C=O) groups excluding carboxylic acids is 1. The van der Waals surface area contributed by atoms with E-state index >= 15 is 0 Å². The molecule has 7 heteroatoms. The maximum absolute atomic E-state index is 12.5. The van der Waals surface area contributed by atoms with Crippen molar-refractivity contribution in [2.24, 2.45) is 0 Å². The Kier molecular flexibility index (Phi) is 6.15. The summed E-state index contributed by atoms with van der Waals surface area (Å²) in [5.74, 6) is 0.697. The van der Waals surface area contributed by atoms with Gasteiger partial charge in [-0.2, -0.15) is 0 Å². The molecule has 2 heterocycles. The van der Waals surface area contributed by atoms with Crippen LogP contribution >= 0.6 is 34.5 Å². The Labute approximate surface area is 160 Å². The molecule has 4 nitrogen and oxygen atoms in total. The SMILES string of the molecule is O=C(C[NH+](Cc1ccco1)Cc1cccs1)Nc1c(Cl)cccc1Cl. The highest BCUT2D eigenvalue weighted by Gasteiger charge is 2.19. The van der Waals surface area contributed by atoms with E-state index in [-0.39, 0.29) is 12.5 Å². The first-order chi connectivity index (χ1) is 12.1. The van der Waals surface area contributed by atoms with Crippen molar-refractivity contribution in [3.8, 4) is 0 Å². The molecular weight excluding hydrogens is 379 g/mol. The average Bonchev–Trinajstić information content (AvgIpc) is 3.25. The highest BCUT2D eigenvalue weighted by Crippen LogP contribution is 2.29. The van der Waals surface area contributed by atoms with Crippen molar-refractivity contribution in [3.63, 3.8) is 0 Å². The van der Waals surface area contributed by atoms with Gasteiger partial charge in [0.15, 0.2) is 12.3 Å². The number of benzene rings is 1. The van der Waals surface area contributed by atoms with Crippen molar-refractivity contribution in [1.29, 1.82) is 0 Å². The van der Waals surface area contributed by atoms with Crippen LogP contribution in [0.3, 0.4) is 0 Å². The lowest BCUT2D eigenvalue weighted by Gasteiger charge is -2.18. The van der Waals surface area contributed by atoms with Gasteiger partial charge in [0.1, 0.15) is 13.1 Å². The van der Waals surface area contributed by atoms with Crippen LogP contribution in [0, 0.1) is 0 Å². The number of halogens is 2. The summed E-state index contributed by atoms with van der Waals surface area (Å²) in [5, 5.41) is 5.69. The van der Waals surface area contributed by atoms with Crippen LogP contribution in [0.2, 0.25) is 10.0 Å². The largest absolute Gasteiger partial charge is 0.463 e. The minimum Gasteiger partial charge on any atom is -0.463 e. The number of nitrogens with one attached hydrogen (secondary N) is 2. The van der Waals surface area contributed by atoms with Gasteiger partial charge in [0.25, 0.3) is 5.91 Å². The summed E-state index contributed by atoms with van der Waals surface area (Å²) >= 11 is 13.9. The van der Waals surface area contributed by atoms with E-state index in [0.29, 0.717) is 22.3 Å². The molecule has 0 aliphatic rings. The first-order valence-electron chi connectivity index (χ1n) is 7.74. The lowest BCUT2D eigenvalue weighted by Crippen LogP contribution is -3.10. The fourth-order valence-electron chi connectivity index (χ4n) is 2.53. The Hall–Kier alpha value is -1.79. The van der Waals surface area contributed by atoms with E-state index in [0.717, 1.165) is 17.2 Å². The molecule has 130 valence electrons. The number of anilines is 1. The fourth-order valence-corrected chi connectivity index (χ4v) is 3.80. The monoisotopic (exact) mass is 395 g/mol. The molecule has 0 aliphatic carbocycles. The molecule has 0 radical (unpaired) electrons. The first-order valence-corrected chi connectivity index (χ1v) is 9.37. The Morgan fingerprint density at radius 2 is 1.88 bits per heavy atom. The van der Waals surface area contributed by atoms with Crippen LogP contribution in [-0.2, 0) is 17.9 Å². The third-order valence-electron chi connectivity index (χ3n) is 3.65. The third kappa shape index (κ3) is 5.09. The van der Waals surface area contributed by atoms with Crippen LogP contribution in [-0.4, -0.2) is 12.5 Å². The van der Waals surface area contributed by atoms with E-state index in [9.17, 15) is 4.79 Å². The molecule has 1 unspecified atom stereocenters. The summed E-state index contributed by atoms with van der Waals surface area (Å²) in [5.41, 5.74) is 0.448. The van der Waals surface area contributed by atoms with Gasteiger partial charge in [-0.15, -0.1) is 11.3 Å². The summed E-state index contributed by atoms with van der Waals surface area (Å²) in [7, 11) is 0. The molecule has 0 fully saturated rings. The van der Waals surface area contributed by atoms with E-state index in [1.807, 2.05) is 23.6 Å². The number of amides is 1. The van der Waals surface area contributed by atoms with Gasteiger partial charge >= 0.3 is 0 Å². The van der Waals surface area contributed by atoms with E-state index in [4.69, 9.17) is 27.6 Å². The van der Waals surface area contributed by atoms with E-state index < -0.39 is 0 Å². The minimum atomic E-state index is -0.145. The molecule has 3 rings (SSSR count). The summed E-state index contributed by atoms with van der Waals surface area (Å²) in [4.78, 5) is 14.8. The Morgan fingerprint density at radius 1 is 1.08 bits per heavy atom. The molecule has 0 spiro atoms. The number of hydrogen-bond acceptors (Lipinski definition) is 3. The first kappa shape index (κ1) is 18.0. The smallest absolute Gasteiger partial charge is 0.279 e. The zero-order valence-corrected chi connectivity index (χ0v) is 15.6. The zero-order chi connectivity index (χ0) is 17.6. The second kappa shape index (κ2) is 8.54.